The van der Waals surface area contributed by atoms with Crippen molar-refractivity contribution >= 4 is 0 Å². The third-order valence-corrected chi connectivity index (χ3v) is 3.77. The fourth-order valence-electron chi connectivity index (χ4n) is 2.25. The van der Waals surface area contributed by atoms with Crippen molar-refractivity contribution in [2.45, 2.75) is 52.0 Å². The first-order chi connectivity index (χ1) is 6.31. The number of rotatable bonds is 6. The molecule has 1 heteroatoms. The average molecular weight is 181 g/mol. The summed E-state index contributed by atoms with van der Waals surface area (Å²) in [5, 5.41) is 3.68. The van der Waals surface area contributed by atoms with E-state index in [-0.39, 0.29) is 0 Å². The maximum absolute atomic E-state index is 3.68. The van der Waals surface area contributed by atoms with E-state index in [1.807, 2.05) is 0 Å². The quantitative estimate of drug-likeness (QED) is 0.664. The van der Waals surface area contributed by atoms with Crippen molar-refractivity contribution in [2.75, 3.05) is 6.54 Å². The molecule has 0 aliphatic heterocycles. The normalized spacial score (nSPS) is 25.2. The van der Waals surface area contributed by atoms with Gasteiger partial charge in [-0.1, -0.05) is 6.92 Å². The van der Waals surface area contributed by atoms with Gasteiger partial charge in [0.2, 0.25) is 0 Å². The molecule has 0 amide bonds. The molecule has 0 saturated heterocycles. The summed E-state index contributed by atoms with van der Waals surface area (Å²) in [6, 6.07) is 0.722. The molecule has 1 unspecified atom stereocenters. The van der Waals surface area contributed by atoms with E-state index in [1.54, 1.807) is 0 Å². The highest BCUT2D eigenvalue weighted by Crippen LogP contribution is 2.48. The molecule has 13 heavy (non-hydrogen) atoms. The highest BCUT2D eigenvalue weighted by atomic mass is 14.9. The van der Waals surface area contributed by atoms with Crippen LogP contribution in [0.3, 0.4) is 0 Å². The summed E-state index contributed by atoms with van der Waals surface area (Å²) in [5.41, 5.74) is 0. The van der Waals surface area contributed by atoms with Crippen LogP contribution in [0.2, 0.25) is 0 Å². The van der Waals surface area contributed by atoms with E-state index in [0.717, 1.165) is 23.8 Å². The van der Waals surface area contributed by atoms with Gasteiger partial charge in [-0.25, -0.2) is 0 Å². The summed E-state index contributed by atoms with van der Waals surface area (Å²) in [7, 11) is 0. The zero-order valence-corrected chi connectivity index (χ0v) is 9.05. The molecule has 1 atom stereocenters. The van der Waals surface area contributed by atoms with Gasteiger partial charge in [0.15, 0.2) is 0 Å². The standard InChI is InChI=1S/C12H23N/c1-3-9(2)13-8-12(10-4-5-10)11-6-7-11/h9-13H,3-8H2,1-2H3. The van der Waals surface area contributed by atoms with Crippen LogP contribution in [0.15, 0.2) is 0 Å². The van der Waals surface area contributed by atoms with E-state index in [4.69, 9.17) is 0 Å². The largest absolute Gasteiger partial charge is 0.314 e. The van der Waals surface area contributed by atoms with Gasteiger partial charge >= 0.3 is 0 Å². The first kappa shape index (κ1) is 9.51. The zero-order valence-electron chi connectivity index (χ0n) is 9.05. The van der Waals surface area contributed by atoms with Crippen molar-refractivity contribution in [3.8, 4) is 0 Å². The summed E-state index contributed by atoms with van der Waals surface area (Å²) in [4.78, 5) is 0. The fraction of sp³-hybridized carbons (Fsp3) is 1.00. The Hall–Kier alpha value is -0.0400. The lowest BCUT2D eigenvalue weighted by Gasteiger charge is -2.19. The van der Waals surface area contributed by atoms with Gasteiger partial charge in [-0.15, -0.1) is 0 Å². The molecular weight excluding hydrogens is 158 g/mol. The summed E-state index contributed by atoms with van der Waals surface area (Å²) in [5.74, 6) is 3.24. The Morgan fingerprint density at radius 1 is 1.15 bits per heavy atom. The maximum Gasteiger partial charge on any atom is 0.00362 e. The van der Waals surface area contributed by atoms with Crippen molar-refractivity contribution in [3.05, 3.63) is 0 Å². The fourth-order valence-corrected chi connectivity index (χ4v) is 2.25. The van der Waals surface area contributed by atoms with E-state index in [0.29, 0.717) is 0 Å². The lowest BCUT2D eigenvalue weighted by molar-refractivity contribution is 0.357. The second kappa shape index (κ2) is 4.00. The van der Waals surface area contributed by atoms with Crippen LogP contribution < -0.4 is 5.32 Å². The average Bonchev–Trinajstić information content (AvgIpc) is 2.98. The Balaban J connectivity index is 1.70. The van der Waals surface area contributed by atoms with Gasteiger partial charge in [-0.2, -0.15) is 0 Å². The number of hydrogen-bond acceptors (Lipinski definition) is 1. The Bertz CT molecular complexity index is 147. The summed E-state index contributed by atoms with van der Waals surface area (Å²) >= 11 is 0. The van der Waals surface area contributed by atoms with Gasteiger partial charge in [0.25, 0.3) is 0 Å². The van der Waals surface area contributed by atoms with Gasteiger partial charge in [-0.3, -0.25) is 0 Å². The van der Waals surface area contributed by atoms with E-state index in [2.05, 4.69) is 19.2 Å². The molecule has 1 nitrogen and oxygen atoms in total. The minimum atomic E-state index is 0.722. The Morgan fingerprint density at radius 2 is 1.69 bits per heavy atom. The van der Waals surface area contributed by atoms with Crippen LogP contribution >= 0.6 is 0 Å². The third kappa shape index (κ3) is 2.70. The van der Waals surface area contributed by atoms with Crippen LogP contribution in [0, 0.1) is 17.8 Å². The third-order valence-electron chi connectivity index (χ3n) is 3.77. The number of hydrogen-bond donors (Lipinski definition) is 1. The second-order valence-corrected chi connectivity index (χ2v) is 5.06. The predicted molar refractivity (Wildman–Crippen MR) is 56.7 cm³/mol. The van der Waals surface area contributed by atoms with E-state index >= 15 is 0 Å². The molecule has 76 valence electrons. The first-order valence-electron chi connectivity index (χ1n) is 6.04. The Morgan fingerprint density at radius 3 is 2.08 bits per heavy atom. The topological polar surface area (TPSA) is 12.0 Å². The minimum Gasteiger partial charge on any atom is -0.314 e. The Labute approximate surface area is 82.3 Å². The van der Waals surface area contributed by atoms with Crippen molar-refractivity contribution in [3.63, 3.8) is 0 Å². The number of nitrogens with one attached hydrogen (secondary N) is 1. The molecule has 0 aromatic carbocycles. The molecular formula is C12H23N. The van der Waals surface area contributed by atoms with E-state index in [9.17, 15) is 0 Å². The molecule has 0 aromatic rings. The van der Waals surface area contributed by atoms with Gasteiger partial charge in [0.05, 0.1) is 0 Å². The van der Waals surface area contributed by atoms with Crippen LogP contribution in [0.1, 0.15) is 46.0 Å². The van der Waals surface area contributed by atoms with Gasteiger partial charge in [-0.05, 0) is 63.3 Å². The molecule has 0 aromatic heterocycles. The molecule has 0 bridgehead atoms. The highest BCUT2D eigenvalue weighted by molar-refractivity contribution is 4.92. The van der Waals surface area contributed by atoms with E-state index < -0.39 is 0 Å². The molecule has 2 aliphatic carbocycles. The lowest BCUT2D eigenvalue weighted by Crippen LogP contribution is -2.32. The monoisotopic (exact) mass is 181 g/mol. The van der Waals surface area contributed by atoms with Gasteiger partial charge in [0.1, 0.15) is 0 Å². The van der Waals surface area contributed by atoms with Crippen LogP contribution in [0.25, 0.3) is 0 Å². The van der Waals surface area contributed by atoms with Crippen LogP contribution in [0.4, 0.5) is 0 Å². The predicted octanol–water partition coefficient (Wildman–Crippen LogP) is 2.81. The van der Waals surface area contributed by atoms with Crippen LogP contribution in [0.5, 0.6) is 0 Å². The summed E-state index contributed by atoms with van der Waals surface area (Å²) in [6.45, 7) is 5.86. The molecule has 0 spiro atoms. The lowest BCUT2D eigenvalue weighted by atomic mass is 9.97. The highest BCUT2D eigenvalue weighted by Gasteiger charge is 2.40. The second-order valence-electron chi connectivity index (χ2n) is 5.06. The van der Waals surface area contributed by atoms with Crippen LogP contribution in [-0.2, 0) is 0 Å². The molecule has 2 aliphatic rings. The maximum atomic E-state index is 3.68. The van der Waals surface area contributed by atoms with E-state index in [1.165, 1.54) is 38.6 Å². The molecule has 0 heterocycles. The SMILES string of the molecule is CCC(C)NCC(C1CC1)C1CC1. The van der Waals surface area contributed by atoms with Gasteiger partial charge in [0, 0.05) is 6.04 Å². The summed E-state index contributed by atoms with van der Waals surface area (Å²) < 4.78 is 0. The molecule has 2 rings (SSSR count). The molecule has 2 saturated carbocycles. The molecule has 0 radical (unpaired) electrons. The summed E-state index contributed by atoms with van der Waals surface area (Å²) in [6.07, 6.45) is 7.33. The van der Waals surface area contributed by atoms with Crippen molar-refractivity contribution in [1.82, 2.24) is 5.32 Å². The van der Waals surface area contributed by atoms with Crippen molar-refractivity contribution < 1.29 is 0 Å². The van der Waals surface area contributed by atoms with Crippen molar-refractivity contribution in [2.24, 2.45) is 17.8 Å². The smallest absolute Gasteiger partial charge is 0.00362 e. The minimum absolute atomic E-state index is 0.722. The Kier molecular flexibility index (Phi) is 2.92. The van der Waals surface area contributed by atoms with Gasteiger partial charge < -0.3 is 5.32 Å². The zero-order chi connectivity index (χ0) is 9.26. The van der Waals surface area contributed by atoms with Crippen molar-refractivity contribution in [1.29, 1.82) is 0 Å². The first-order valence-corrected chi connectivity index (χ1v) is 6.04. The molecule has 1 N–H and O–H groups in total. The van der Waals surface area contributed by atoms with Crippen LogP contribution in [-0.4, -0.2) is 12.6 Å². The molecule has 2 fully saturated rings.